The molecule has 100 valence electrons. The lowest BCUT2D eigenvalue weighted by Gasteiger charge is -2.27. The summed E-state index contributed by atoms with van der Waals surface area (Å²) in [6, 6.07) is 4.90. The van der Waals surface area contributed by atoms with Gasteiger partial charge in [-0.1, -0.05) is 0 Å². The van der Waals surface area contributed by atoms with Gasteiger partial charge in [-0.05, 0) is 32.0 Å². The van der Waals surface area contributed by atoms with E-state index >= 15 is 0 Å². The minimum absolute atomic E-state index is 0.0135. The van der Waals surface area contributed by atoms with Crippen molar-refractivity contribution in [1.29, 1.82) is 0 Å². The third-order valence-electron chi connectivity index (χ3n) is 2.85. The van der Waals surface area contributed by atoms with Crippen LogP contribution in [0.1, 0.15) is 24.2 Å². The van der Waals surface area contributed by atoms with E-state index in [1.807, 2.05) is 18.9 Å². The molecule has 5 nitrogen and oxygen atoms in total. The summed E-state index contributed by atoms with van der Waals surface area (Å²) in [7, 11) is 1.82. The van der Waals surface area contributed by atoms with Crippen molar-refractivity contribution in [2.24, 2.45) is 0 Å². The Balaban J connectivity index is 3.04. The molecule has 0 aliphatic heterocycles. The Morgan fingerprint density at radius 1 is 1.56 bits per heavy atom. The van der Waals surface area contributed by atoms with Crippen LogP contribution in [0, 0.1) is 0 Å². The zero-order valence-electron chi connectivity index (χ0n) is 11.0. The van der Waals surface area contributed by atoms with Gasteiger partial charge >= 0.3 is 5.97 Å². The molecule has 1 unspecified atom stereocenters. The van der Waals surface area contributed by atoms with E-state index < -0.39 is 0 Å². The van der Waals surface area contributed by atoms with Gasteiger partial charge in [0.2, 0.25) is 0 Å². The van der Waals surface area contributed by atoms with Crippen molar-refractivity contribution >= 4 is 17.3 Å². The number of carbonyl (C=O) groups is 1. The van der Waals surface area contributed by atoms with Gasteiger partial charge in [0.25, 0.3) is 0 Å². The lowest BCUT2D eigenvalue weighted by atomic mass is 10.1. The van der Waals surface area contributed by atoms with E-state index in [0.29, 0.717) is 23.5 Å². The fourth-order valence-corrected chi connectivity index (χ4v) is 1.55. The predicted octanol–water partition coefficient (Wildman–Crippen LogP) is 1.26. The van der Waals surface area contributed by atoms with Crippen LogP contribution in [-0.2, 0) is 4.74 Å². The van der Waals surface area contributed by atoms with Crippen molar-refractivity contribution in [2.75, 3.05) is 30.9 Å². The number of ether oxygens (including phenoxy) is 1. The molecular formula is C13H20N2O3. The van der Waals surface area contributed by atoms with Gasteiger partial charge in [0.1, 0.15) is 0 Å². The molecule has 1 aromatic carbocycles. The van der Waals surface area contributed by atoms with Gasteiger partial charge in [-0.2, -0.15) is 0 Å². The molecule has 0 saturated heterocycles. The van der Waals surface area contributed by atoms with Crippen LogP contribution in [0.15, 0.2) is 18.2 Å². The summed E-state index contributed by atoms with van der Waals surface area (Å²) in [5, 5.41) is 9.15. The number of esters is 1. The molecule has 0 aliphatic carbocycles. The Morgan fingerprint density at radius 2 is 2.22 bits per heavy atom. The molecule has 3 N–H and O–H groups in total. The van der Waals surface area contributed by atoms with Crippen molar-refractivity contribution in [2.45, 2.75) is 19.9 Å². The Bertz CT molecular complexity index is 421. The van der Waals surface area contributed by atoms with E-state index in [4.69, 9.17) is 15.6 Å². The molecule has 0 radical (unpaired) electrons. The van der Waals surface area contributed by atoms with Gasteiger partial charge in [-0.15, -0.1) is 0 Å². The van der Waals surface area contributed by atoms with E-state index in [1.54, 1.807) is 25.1 Å². The normalized spacial score (nSPS) is 12.0. The average Bonchev–Trinajstić information content (AvgIpc) is 2.37. The molecule has 5 heteroatoms. The third-order valence-corrected chi connectivity index (χ3v) is 2.85. The number of aliphatic hydroxyl groups excluding tert-OH is 1. The first kappa shape index (κ1) is 14.3. The Kier molecular flexibility index (Phi) is 4.97. The van der Waals surface area contributed by atoms with Crippen molar-refractivity contribution in [3.63, 3.8) is 0 Å². The number of likely N-dealkylation sites (N-methyl/N-ethyl adjacent to an activating group) is 1. The highest BCUT2D eigenvalue weighted by atomic mass is 16.5. The number of carbonyl (C=O) groups excluding carboxylic acids is 1. The number of benzene rings is 1. The number of anilines is 2. The zero-order chi connectivity index (χ0) is 13.7. The summed E-state index contributed by atoms with van der Waals surface area (Å²) in [5.41, 5.74) is 7.61. The number of hydrogen-bond acceptors (Lipinski definition) is 5. The monoisotopic (exact) mass is 252 g/mol. The SMILES string of the molecule is CCOC(=O)c1ccc(N)c(N(C)C(C)CO)c1. The minimum Gasteiger partial charge on any atom is -0.462 e. The predicted molar refractivity (Wildman–Crippen MR) is 71.8 cm³/mol. The second kappa shape index (κ2) is 6.26. The first-order chi connectivity index (χ1) is 8.51. The molecule has 1 rings (SSSR count). The summed E-state index contributed by atoms with van der Waals surface area (Å²) in [6.07, 6.45) is 0. The topological polar surface area (TPSA) is 75.8 Å². The van der Waals surface area contributed by atoms with Crippen LogP contribution in [0.3, 0.4) is 0 Å². The van der Waals surface area contributed by atoms with Crippen molar-refractivity contribution in [3.8, 4) is 0 Å². The summed E-state index contributed by atoms with van der Waals surface area (Å²) < 4.78 is 4.94. The second-order valence-corrected chi connectivity index (χ2v) is 4.14. The molecule has 0 heterocycles. The second-order valence-electron chi connectivity index (χ2n) is 4.14. The Hall–Kier alpha value is -1.75. The van der Waals surface area contributed by atoms with Crippen molar-refractivity contribution in [1.82, 2.24) is 0 Å². The first-order valence-electron chi connectivity index (χ1n) is 5.91. The zero-order valence-corrected chi connectivity index (χ0v) is 11.0. The molecular weight excluding hydrogens is 232 g/mol. The van der Waals surface area contributed by atoms with E-state index in [2.05, 4.69) is 0 Å². The first-order valence-corrected chi connectivity index (χ1v) is 5.91. The van der Waals surface area contributed by atoms with Gasteiger partial charge in [0.05, 0.1) is 30.2 Å². The molecule has 1 aromatic rings. The number of nitrogen functional groups attached to an aromatic ring is 1. The van der Waals surface area contributed by atoms with Crippen molar-refractivity contribution in [3.05, 3.63) is 23.8 Å². The van der Waals surface area contributed by atoms with Gasteiger partial charge < -0.3 is 20.5 Å². The molecule has 0 bridgehead atoms. The van der Waals surface area contributed by atoms with E-state index in [0.717, 1.165) is 0 Å². The van der Waals surface area contributed by atoms with Crippen LogP contribution in [0.4, 0.5) is 11.4 Å². The van der Waals surface area contributed by atoms with Crippen molar-refractivity contribution < 1.29 is 14.6 Å². The van der Waals surface area contributed by atoms with Crippen LogP contribution in [0.2, 0.25) is 0 Å². The van der Waals surface area contributed by atoms with Gasteiger partial charge in [0, 0.05) is 13.1 Å². The van der Waals surface area contributed by atoms with Crippen LogP contribution < -0.4 is 10.6 Å². The fraction of sp³-hybridized carbons (Fsp3) is 0.462. The number of hydrogen-bond donors (Lipinski definition) is 2. The molecule has 0 aliphatic rings. The molecule has 18 heavy (non-hydrogen) atoms. The smallest absolute Gasteiger partial charge is 0.338 e. The Morgan fingerprint density at radius 3 is 2.78 bits per heavy atom. The number of nitrogens with two attached hydrogens (primary N) is 1. The molecule has 0 aromatic heterocycles. The quantitative estimate of drug-likeness (QED) is 0.609. The maximum atomic E-state index is 11.6. The molecule has 0 fully saturated rings. The molecule has 0 spiro atoms. The standard InChI is InChI=1S/C13H20N2O3/c1-4-18-13(17)10-5-6-11(14)12(7-10)15(3)9(2)8-16/h5-7,9,16H,4,8,14H2,1-3H3. The van der Waals surface area contributed by atoms with Crippen LogP contribution in [0.5, 0.6) is 0 Å². The lowest BCUT2D eigenvalue weighted by Crippen LogP contribution is -2.32. The maximum Gasteiger partial charge on any atom is 0.338 e. The maximum absolute atomic E-state index is 11.6. The van der Waals surface area contributed by atoms with E-state index in [1.165, 1.54) is 0 Å². The minimum atomic E-state index is -0.371. The number of nitrogens with zero attached hydrogens (tertiary/aromatic N) is 1. The van der Waals surface area contributed by atoms with E-state index in [9.17, 15) is 4.79 Å². The summed E-state index contributed by atoms with van der Waals surface area (Å²) >= 11 is 0. The van der Waals surface area contributed by atoms with E-state index in [-0.39, 0.29) is 18.6 Å². The number of rotatable bonds is 5. The van der Waals surface area contributed by atoms with Gasteiger partial charge in [-0.25, -0.2) is 4.79 Å². The highest BCUT2D eigenvalue weighted by Gasteiger charge is 2.15. The summed E-state index contributed by atoms with van der Waals surface area (Å²) in [5.74, 6) is -0.371. The molecule has 0 amide bonds. The Labute approximate surface area is 107 Å². The highest BCUT2D eigenvalue weighted by molar-refractivity contribution is 5.92. The largest absolute Gasteiger partial charge is 0.462 e. The van der Waals surface area contributed by atoms with Gasteiger partial charge in [0.15, 0.2) is 0 Å². The van der Waals surface area contributed by atoms with Crippen LogP contribution in [-0.4, -0.2) is 37.4 Å². The average molecular weight is 252 g/mol. The highest BCUT2D eigenvalue weighted by Crippen LogP contribution is 2.25. The fourth-order valence-electron chi connectivity index (χ4n) is 1.55. The molecule has 0 saturated carbocycles. The van der Waals surface area contributed by atoms with Crippen LogP contribution >= 0.6 is 0 Å². The summed E-state index contributed by atoms with van der Waals surface area (Å²) in [4.78, 5) is 13.5. The molecule has 1 atom stereocenters. The summed E-state index contributed by atoms with van der Waals surface area (Å²) in [6.45, 7) is 3.98. The third kappa shape index (κ3) is 3.13. The van der Waals surface area contributed by atoms with Crippen LogP contribution in [0.25, 0.3) is 0 Å². The lowest BCUT2D eigenvalue weighted by molar-refractivity contribution is 0.0526. The number of aliphatic hydroxyl groups is 1. The van der Waals surface area contributed by atoms with Gasteiger partial charge in [-0.3, -0.25) is 0 Å².